The molecule has 35 heavy (non-hydrogen) atoms. The summed E-state index contributed by atoms with van der Waals surface area (Å²) >= 11 is 0. The van der Waals surface area contributed by atoms with Crippen molar-refractivity contribution in [2.45, 2.75) is 38.8 Å². The number of hydrogen-bond acceptors (Lipinski definition) is 6. The molecule has 1 fully saturated rings. The minimum Gasteiger partial charge on any atom is -0.482 e. The molecule has 0 spiro atoms. The molecular weight excluding hydrogens is 449 g/mol. The SMILES string of the molecule is CC(=O)N1CCC[C@H](n2cc(-c3cc(O[C@H](C)c4ccc(F)cn4)c4c(C#N)cnn4c3)cn2)C1. The molecule has 1 aliphatic rings. The number of rotatable bonds is 5. The monoisotopic (exact) mass is 473 g/mol. The van der Waals surface area contributed by atoms with E-state index in [2.05, 4.69) is 21.3 Å². The van der Waals surface area contributed by atoms with E-state index in [9.17, 15) is 14.4 Å². The van der Waals surface area contributed by atoms with Crippen LogP contribution in [0.5, 0.6) is 5.75 Å². The minimum atomic E-state index is -0.487. The van der Waals surface area contributed by atoms with E-state index >= 15 is 0 Å². The van der Waals surface area contributed by atoms with E-state index in [0.717, 1.165) is 36.7 Å². The summed E-state index contributed by atoms with van der Waals surface area (Å²) in [6.07, 6.45) is 9.60. The van der Waals surface area contributed by atoms with Gasteiger partial charge in [-0.05, 0) is 38.0 Å². The Morgan fingerprint density at radius 1 is 1.23 bits per heavy atom. The largest absolute Gasteiger partial charge is 0.482 e. The topological polar surface area (TPSA) is 101 Å². The molecule has 1 saturated heterocycles. The maximum atomic E-state index is 13.3. The van der Waals surface area contributed by atoms with E-state index in [-0.39, 0.29) is 11.9 Å². The zero-order valence-corrected chi connectivity index (χ0v) is 19.4. The van der Waals surface area contributed by atoms with E-state index in [1.54, 1.807) is 23.7 Å². The van der Waals surface area contributed by atoms with E-state index in [4.69, 9.17) is 4.74 Å². The second-order valence-corrected chi connectivity index (χ2v) is 8.69. The van der Waals surface area contributed by atoms with Crippen LogP contribution in [0.25, 0.3) is 16.6 Å². The van der Waals surface area contributed by atoms with Crippen molar-refractivity contribution >= 4 is 11.4 Å². The van der Waals surface area contributed by atoms with Crippen molar-refractivity contribution in [3.05, 3.63) is 66.3 Å². The molecule has 5 heterocycles. The molecule has 0 unspecified atom stereocenters. The first-order chi connectivity index (χ1) is 16.9. The maximum absolute atomic E-state index is 13.3. The highest BCUT2D eigenvalue weighted by Gasteiger charge is 2.24. The third-order valence-electron chi connectivity index (χ3n) is 6.32. The van der Waals surface area contributed by atoms with Gasteiger partial charge in [0.15, 0.2) is 0 Å². The third-order valence-corrected chi connectivity index (χ3v) is 6.32. The van der Waals surface area contributed by atoms with Gasteiger partial charge in [-0.3, -0.25) is 14.5 Å². The van der Waals surface area contributed by atoms with Crippen LogP contribution in [0.15, 0.2) is 49.2 Å². The average molecular weight is 474 g/mol. The Kier molecular flexibility index (Phi) is 5.91. The number of amides is 1. The molecule has 0 radical (unpaired) electrons. The molecule has 0 saturated carbocycles. The van der Waals surface area contributed by atoms with E-state index in [1.807, 2.05) is 35.0 Å². The Morgan fingerprint density at radius 2 is 2.09 bits per heavy atom. The number of aromatic nitrogens is 5. The number of fused-ring (bicyclic) bond motifs is 1. The first-order valence-electron chi connectivity index (χ1n) is 11.4. The number of piperidine rings is 1. The molecule has 0 bridgehead atoms. The van der Waals surface area contributed by atoms with Crippen LogP contribution in [0.3, 0.4) is 0 Å². The zero-order chi connectivity index (χ0) is 24.5. The summed E-state index contributed by atoms with van der Waals surface area (Å²) in [7, 11) is 0. The number of carbonyl (C=O) groups is 1. The maximum Gasteiger partial charge on any atom is 0.219 e. The van der Waals surface area contributed by atoms with Crippen molar-refractivity contribution in [1.29, 1.82) is 5.26 Å². The van der Waals surface area contributed by atoms with Crippen LogP contribution in [0.1, 0.15) is 50.1 Å². The number of ether oxygens (including phenoxy) is 1. The van der Waals surface area contributed by atoms with Gasteiger partial charge in [0, 0.05) is 43.5 Å². The van der Waals surface area contributed by atoms with Crippen molar-refractivity contribution in [3.63, 3.8) is 0 Å². The lowest BCUT2D eigenvalue weighted by Crippen LogP contribution is -2.39. The Labute approximate surface area is 201 Å². The van der Waals surface area contributed by atoms with Crippen molar-refractivity contribution in [2.75, 3.05) is 13.1 Å². The second kappa shape index (κ2) is 9.18. The van der Waals surface area contributed by atoms with Gasteiger partial charge in [0.1, 0.15) is 34.8 Å². The Balaban J connectivity index is 1.48. The summed E-state index contributed by atoms with van der Waals surface area (Å²) in [6.45, 7) is 4.82. The molecule has 0 aromatic carbocycles. The lowest BCUT2D eigenvalue weighted by atomic mass is 10.1. The number of hydrogen-bond donors (Lipinski definition) is 0. The molecule has 0 aliphatic carbocycles. The Bertz CT molecular complexity index is 1420. The first-order valence-corrected chi connectivity index (χ1v) is 11.4. The summed E-state index contributed by atoms with van der Waals surface area (Å²) in [6, 6.07) is 7.02. The zero-order valence-electron chi connectivity index (χ0n) is 19.4. The average Bonchev–Trinajstić information content (AvgIpc) is 3.52. The van der Waals surface area contributed by atoms with Crippen LogP contribution in [0.4, 0.5) is 4.39 Å². The molecule has 4 aromatic rings. The van der Waals surface area contributed by atoms with Gasteiger partial charge in [-0.25, -0.2) is 8.91 Å². The van der Waals surface area contributed by atoms with Crippen molar-refractivity contribution in [3.8, 4) is 22.9 Å². The number of pyridine rings is 2. The van der Waals surface area contributed by atoms with Crippen molar-refractivity contribution in [1.82, 2.24) is 29.3 Å². The second-order valence-electron chi connectivity index (χ2n) is 8.69. The summed E-state index contributed by atoms with van der Waals surface area (Å²) in [5.41, 5.74) is 3.16. The fourth-order valence-electron chi connectivity index (χ4n) is 4.44. The molecule has 178 valence electrons. The number of likely N-dealkylation sites (tertiary alicyclic amines) is 1. The van der Waals surface area contributed by atoms with Crippen LogP contribution in [0.2, 0.25) is 0 Å². The highest BCUT2D eigenvalue weighted by Crippen LogP contribution is 2.33. The predicted molar refractivity (Wildman–Crippen MR) is 125 cm³/mol. The van der Waals surface area contributed by atoms with Gasteiger partial charge in [0.05, 0.1) is 30.3 Å². The van der Waals surface area contributed by atoms with Gasteiger partial charge >= 0.3 is 0 Å². The lowest BCUT2D eigenvalue weighted by Gasteiger charge is -2.32. The Morgan fingerprint density at radius 3 is 2.83 bits per heavy atom. The van der Waals surface area contributed by atoms with Crippen LogP contribution < -0.4 is 4.74 Å². The summed E-state index contributed by atoms with van der Waals surface area (Å²) in [5, 5.41) is 18.5. The van der Waals surface area contributed by atoms with Gasteiger partial charge in [-0.1, -0.05) is 0 Å². The smallest absolute Gasteiger partial charge is 0.219 e. The molecule has 4 aromatic heterocycles. The van der Waals surface area contributed by atoms with Crippen LogP contribution in [0, 0.1) is 17.1 Å². The van der Waals surface area contributed by atoms with E-state index in [1.165, 1.54) is 12.3 Å². The van der Waals surface area contributed by atoms with Gasteiger partial charge in [0.2, 0.25) is 5.91 Å². The van der Waals surface area contributed by atoms with Gasteiger partial charge < -0.3 is 9.64 Å². The number of nitrogens with zero attached hydrogens (tertiary/aromatic N) is 7. The minimum absolute atomic E-state index is 0.0751. The summed E-state index contributed by atoms with van der Waals surface area (Å²) in [5.74, 6) is 0.115. The van der Waals surface area contributed by atoms with Crippen molar-refractivity contribution in [2.24, 2.45) is 0 Å². The molecule has 0 N–H and O–H groups in total. The standard InChI is InChI=1S/C25H24FN7O2/c1-16(23-6-5-21(26)12-28-23)35-24-8-18(13-33-25(24)19(9-27)10-30-33)20-11-29-32(14-20)22-4-3-7-31(15-22)17(2)34/h5-6,8,10-14,16,22H,3-4,7,15H2,1-2H3/t16-,22+/m1/s1. The normalized spacial score (nSPS) is 16.7. The Hall–Kier alpha value is -4.26. The van der Waals surface area contributed by atoms with Crippen LogP contribution in [-0.4, -0.2) is 48.3 Å². The molecule has 10 heteroatoms. The molecular formula is C25H24FN7O2. The number of carbonyl (C=O) groups excluding carboxylic acids is 1. The summed E-state index contributed by atoms with van der Waals surface area (Å²) in [4.78, 5) is 17.8. The third kappa shape index (κ3) is 4.45. The van der Waals surface area contributed by atoms with Gasteiger partial charge in [0.25, 0.3) is 0 Å². The molecule has 5 rings (SSSR count). The van der Waals surface area contributed by atoms with Gasteiger partial charge in [-0.15, -0.1) is 0 Å². The molecule has 1 amide bonds. The van der Waals surface area contributed by atoms with Crippen LogP contribution >= 0.6 is 0 Å². The fraction of sp³-hybridized carbons (Fsp3) is 0.320. The fourth-order valence-corrected chi connectivity index (χ4v) is 4.44. The first kappa shape index (κ1) is 22.5. The molecule has 1 aliphatic heterocycles. The molecule has 2 atom stereocenters. The predicted octanol–water partition coefficient (Wildman–Crippen LogP) is 3.93. The summed E-state index contributed by atoms with van der Waals surface area (Å²) < 4.78 is 23.0. The van der Waals surface area contributed by atoms with Gasteiger partial charge in [-0.2, -0.15) is 15.5 Å². The number of halogens is 1. The van der Waals surface area contributed by atoms with Crippen molar-refractivity contribution < 1.29 is 13.9 Å². The van der Waals surface area contributed by atoms with E-state index < -0.39 is 11.9 Å². The highest BCUT2D eigenvalue weighted by atomic mass is 19.1. The van der Waals surface area contributed by atoms with E-state index in [0.29, 0.717) is 29.1 Å². The molecule has 9 nitrogen and oxygen atoms in total. The number of nitriles is 1. The quantitative estimate of drug-likeness (QED) is 0.435. The highest BCUT2D eigenvalue weighted by molar-refractivity contribution is 5.75. The lowest BCUT2D eigenvalue weighted by molar-refractivity contribution is -0.130. The van der Waals surface area contributed by atoms with Crippen LogP contribution in [-0.2, 0) is 4.79 Å².